The zero-order chi connectivity index (χ0) is 12.3. The van der Waals surface area contributed by atoms with E-state index in [0.29, 0.717) is 5.02 Å². The number of halogens is 1. The summed E-state index contributed by atoms with van der Waals surface area (Å²) in [4.78, 5) is 2.39. The van der Waals surface area contributed by atoms with Crippen LogP contribution in [0.2, 0.25) is 5.02 Å². The Morgan fingerprint density at radius 2 is 2.12 bits per heavy atom. The third-order valence-electron chi connectivity index (χ3n) is 3.26. The van der Waals surface area contributed by atoms with Crippen molar-refractivity contribution < 1.29 is 4.74 Å². The van der Waals surface area contributed by atoms with Crippen molar-refractivity contribution in [1.82, 2.24) is 4.90 Å². The molecule has 0 amide bonds. The van der Waals surface area contributed by atoms with Gasteiger partial charge in [0.25, 0.3) is 0 Å². The standard InChI is InChI=1S/C13H19ClN2O/c1-17-10-4-5-11(12(14)8-10)13(15)9-16-6-2-3-7-16/h4-5,8,13H,2-3,6-7,9,15H2,1H3. The Morgan fingerprint density at radius 3 is 2.71 bits per heavy atom. The molecule has 1 aromatic carbocycles. The summed E-state index contributed by atoms with van der Waals surface area (Å²) in [6, 6.07) is 5.67. The SMILES string of the molecule is COc1ccc(C(N)CN2CCCC2)c(Cl)c1. The molecule has 1 unspecified atom stereocenters. The van der Waals surface area contributed by atoms with Gasteiger partial charge in [-0.2, -0.15) is 0 Å². The molecule has 4 heteroatoms. The van der Waals surface area contributed by atoms with E-state index in [1.165, 1.54) is 12.8 Å². The highest BCUT2D eigenvalue weighted by Gasteiger charge is 2.17. The largest absolute Gasteiger partial charge is 0.497 e. The second kappa shape index (κ2) is 5.71. The van der Waals surface area contributed by atoms with Gasteiger partial charge in [-0.15, -0.1) is 0 Å². The first kappa shape index (κ1) is 12.7. The first-order valence-electron chi connectivity index (χ1n) is 6.02. The fourth-order valence-corrected chi connectivity index (χ4v) is 2.59. The normalized spacial score (nSPS) is 18.3. The molecular formula is C13H19ClN2O. The third-order valence-corrected chi connectivity index (χ3v) is 3.59. The summed E-state index contributed by atoms with van der Waals surface area (Å²) < 4.78 is 5.13. The van der Waals surface area contributed by atoms with Crippen molar-refractivity contribution in [3.8, 4) is 5.75 Å². The molecule has 0 saturated carbocycles. The average Bonchev–Trinajstić information content (AvgIpc) is 2.81. The molecule has 94 valence electrons. The number of ether oxygens (including phenoxy) is 1. The Hall–Kier alpha value is -0.770. The molecule has 2 N–H and O–H groups in total. The number of rotatable bonds is 4. The summed E-state index contributed by atoms with van der Waals surface area (Å²) in [5, 5.41) is 0.691. The minimum atomic E-state index is -0.0218. The number of likely N-dealkylation sites (tertiary alicyclic amines) is 1. The maximum absolute atomic E-state index is 6.21. The first-order valence-corrected chi connectivity index (χ1v) is 6.40. The lowest BCUT2D eigenvalue weighted by molar-refractivity contribution is 0.316. The summed E-state index contributed by atoms with van der Waals surface area (Å²) in [7, 11) is 1.63. The van der Waals surface area contributed by atoms with Gasteiger partial charge in [-0.05, 0) is 43.6 Å². The van der Waals surface area contributed by atoms with Crippen molar-refractivity contribution in [2.24, 2.45) is 5.73 Å². The summed E-state index contributed by atoms with van der Waals surface area (Å²) in [6.45, 7) is 3.19. The fraction of sp³-hybridized carbons (Fsp3) is 0.538. The molecule has 0 aliphatic carbocycles. The van der Waals surface area contributed by atoms with Crippen molar-refractivity contribution in [1.29, 1.82) is 0 Å². The van der Waals surface area contributed by atoms with Crippen LogP contribution in [-0.2, 0) is 0 Å². The molecule has 1 aliphatic heterocycles. The molecule has 1 saturated heterocycles. The van der Waals surface area contributed by atoms with E-state index in [0.717, 1.165) is 30.9 Å². The van der Waals surface area contributed by atoms with Crippen LogP contribution in [0.25, 0.3) is 0 Å². The van der Waals surface area contributed by atoms with Crippen LogP contribution in [-0.4, -0.2) is 31.6 Å². The average molecular weight is 255 g/mol. The van der Waals surface area contributed by atoms with Crippen molar-refractivity contribution in [2.75, 3.05) is 26.7 Å². The van der Waals surface area contributed by atoms with E-state index in [-0.39, 0.29) is 6.04 Å². The predicted molar refractivity (Wildman–Crippen MR) is 70.6 cm³/mol. The monoisotopic (exact) mass is 254 g/mol. The van der Waals surface area contributed by atoms with Crippen LogP contribution in [0, 0.1) is 0 Å². The molecule has 1 aliphatic rings. The van der Waals surface area contributed by atoms with Crippen LogP contribution in [0.1, 0.15) is 24.4 Å². The Bertz CT molecular complexity index is 378. The zero-order valence-corrected chi connectivity index (χ0v) is 10.9. The van der Waals surface area contributed by atoms with E-state index in [2.05, 4.69) is 4.90 Å². The summed E-state index contributed by atoms with van der Waals surface area (Å²) in [5.74, 6) is 0.770. The van der Waals surface area contributed by atoms with E-state index >= 15 is 0 Å². The van der Waals surface area contributed by atoms with Crippen molar-refractivity contribution in [3.05, 3.63) is 28.8 Å². The molecule has 17 heavy (non-hydrogen) atoms. The van der Waals surface area contributed by atoms with Gasteiger partial charge < -0.3 is 15.4 Å². The Labute approximate surface area is 107 Å². The lowest BCUT2D eigenvalue weighted by atomic mass is 10.1. The number of nitrogens with zero attached hydrogens (tertiary/aromatic N) is 1. The summed E-state index contributed by atoms with van der Waals surface area (Å²) in [5.41, 5.74) is 7.20. The van der Waals surface area contributed by atoms with Crippen LogP contribution >= 0.6 is 11.6 Å². The van der Waals surface area contributed by atoms with Gasteiger partial charge in [-0.1, -0.05) is 17.7 Å². The molecule has 1 atom stereocenters. The minimum absolute atomic E-state index is 0.0218. The lowest BCUT2D eigenvalue weighted by Crippen LogP contribution is -2.30. The van der Waals surface area contributed by atoms with Crippen LogP contribution in [0.15, 0.2) is 18.2 Å². The molecule has 0 bridgehead atoms. The minimum Gasteiger partial charge on any atom is -0.497 e. The Kier molecular flexibility index (Phi) is 4.26. The van der Waals surface area contributed by atoms with E-state index in [9.17, 15) is 0 Å². The van der Waals surface area contributed by atoms with Crippen molar-refractivity contribution >= 4 is 11.6 Å². The van der Waals surface area contributed by atoms with Gasteiger partial charge in [0.2, 0.25) is 0 Å². The van der Waals surface area contributed by atoms with Gasteiger partial charge in [0.05, 0.1) is 7.11 Å². The van der Waals surface area contributed by atoms with Crippen LogP contribution in [0.3, 0.4) is 0 Å². The van der Waals surface area contributed by atoms with Gasteiger partial charge in [-0.3, -0.25) is 0 Å². The summed E-state index contributed by atoms with van der Waals surface area (Å²) >= 11 is 6.21. The second-order valence-corrected chi connectivity index (χ2v) is 4.91. The lowest BCUT2D eigenvalue weighted by Gasteiger charge is -2.21. The van der Waals surface area contributed by atoms with E-state index in [1.807, 2.05) is 18.2 Å². The molecule has 1 heterocycles. The van der Waals surface area contributed by atoms with E-state index in [1.54, 1.807) is 7.11 Å². The summed E-state index contributed by atoms with van der Waals surface area (Å²) in [6.07, 6.45) is 2.56. The van der Waals surface area contributed by atoms with Crippen LogP contribution in [0.5, 0.6) is 5.75 Å². The molecule has 1 aromatic rings. The van der Waals surface area contributed by atoms with E-state index < -0.39 is 0 Å². The molecule has 0 radical (unpaired) electrons. The third kappa shape index (κ3) is 3.12. The van der Waals surface area contributed by atoms with Crippen LogP contribution in [0.4, 0.5) is 0 Å². The van der Waals surface area contributed by atoms with Gasteiger partial charge in [0.15, 0.2) is 0 Å². The maximum Gasteiger partial charge on any atom is 0.120 e. The number of nitrogens with two attached hydrogens (primary N) is 1. The highest BCUT2D eigenvalue weighted by molar-refractivity contribution is 6.31. The highest BCUT2D eigenvalue weighted by atomic mass is 35.5. The van der Waals surface area contributed by atoms with E-state index in [4.69, 9.17) is 22.1 Å². The highest BCUT2D eigenvalue weighted by Crippen LogP contribution is 2.27. The quantitative estimate of drug-likeness (QED) is 0.897. The van der Waals surface area contributed by atoms with Gasteiger partial charge in [-0.25, -0.2) is 0 Å². The number of hydrogen-bond acceptors (Lipinski definition) is 3. The zero-order valence-electron chi connectivity index (χ0n) is 10.2. The predicted octanol–water partition coefficient (Wildman–Crippen LogP) is 2.44. The molecule has 3 nitrogen and oxygen atoms in total. The Morgan fingerprint density at radius 1 is 1.41 bits per heavy atom. The smallest absolute Gasteiger partial charge is 0.120 e. The molecular weight excluding hydrogens is 236 g/mol. The topological polar surface area (TPSA) is 38.5 Å². The van der Waals surface area contributed by atoms with Gasteiger partial charge >= 0.3 is 0 Å². The number of methoxy groups -OCH3 is 1. The second-order valence-electron chi connectivity index (χ2n) is 4.50. The molecule has 0 spiro atoms. The number of benzene rings is 1. The molecule has 2 rings (SSSR count). The van der Waals surface area contributed by atoms with Gasteiger partial charge in [0.1, 0.15) is 5.75 Å². The van der Waals surface area contributed by atoms with Crippen molar-refractivity contribution in [2.45, 2.75) is 18.9 Å². The van der Waals surface area contributed by atoms with Gasteiger partial charge in [0, 0.05) is 17.6 Å². The first-order chi connectivity index (χ1) is 8.20. The molecule has 1 fully saturated rings. The fourth-order valence-electron chi connectivity index (χ4n) is 2.28. The van der Waals surface area contributed by atoms with Crippen molar-refractivity contribution in [3.63, 3.8) is 0 Å². The van der Waals surface area contributed by atoms with Crippen LogP contribution < -0.4 is 10.5 Å². The Balaban J connectivity index is 2.04. The molecule has 0 aromatic heterocycles. The maximum atomic E-state index is 6.21. The number of hydrogen-bond donors (Lipinski definition) is 1.